The summed E-state index contributed by atoms with van der Waals surface area (Å²) < 4.78 is 28.7. The van der Waals surface area contributed by atoms with Crippen LogP contribution in [0.2, 0.25) is 0 Å². The molecule has 0 spiro atoms. The molecule has 0 unspecified atom stereocenters. The van der Waals surface area contributed by atoms with E-state index >= 15 is 0 Å². The number of amides is 1. The summed E-state index contributed by atoms with van der Waals surface area (Å²) in [5.74, 6) is -0.793. The molecule has 0 atom stereocenters. The van der Waals surface area contributed by atoms with Gasteiger partial charge in [0.25, 0.3) is 15.9 Å². The van der Waals surface area contributed by atoms with E-state index in [4.69, 9.17) is 4.84 Å². The van der Waals surface area contributed by atoms with Gasteiger partial charge in [-0.05, 0) is 73.4 Å². The first-order valence-corrected chi connectivity index (χ1v) is 13.6. The number of nitrogens with one attached hydrogen (secondary N) is 1. The molecule has 1 amide bonds. The van der Waals surface area contributed by atoms with Crippen molar-refractivity contribution in [2.24, 2.45) is 5.16 Å². The summed E-state index contributed by atoms with van der Waals surface area (Å²) >= 11 is 3.43. The SMILES string of the molecule is O=C1CCCC(c2cc(Br)ccc2NC(=O)c2ccc(S(=O)(=O)N3CCc4ccccc43)cc2)=NO1. The maximum absolute atomic E-state index is 13.2. The van der Waals surface area contributed by atoms with Crippen LogP contribution in [0.3, 0.4) is 0 Å². The Balaban J connectivity index is 1.37. The average Bonchev–Trinajstić information content (AvgIpc) is 3.21. The third-order valence-electron chi connectivity index (χ3n) is 6.14. The first-order valence-electron chi connectivity index (χ1n) is 11.4. The van der Waals surface area contributed by atoms with Crippen molar-refractivity contribution in [1.29, 1.82) is 0 Å². The van der Waals surface area contributed by atoms with E-state index in [1.165, 1.54) is 28.6 Å². The van der Waals surface area contributed by atoms with Gasteiger partial charge in [-0.25, -0.2) is 13.2 Å². The van der Waals surface area contributed by atoms with Crippen molar-refractivity contribution in [3.63, 3.8) is 0 Å². The highest BCUT2D eigenvalue weighted by Gasteiger charge is 2.30. The first kappa shape index (κ1) is 24.2. The number of oxime groups is 1. The van der Waals surface area contributed by atoms with Crippen LogP contribution in [0.25, 0.3) is 0 Å². The predicted molar refractivity (Wildman–Crippen MR) is 140 cm³/mol. The molecule has 5 rings (SSSR count). The molecule has 0 aromatic heterocycles. The molecule has 3 aromatic carbocycles. The van der Waals surface area contributed by atoms with Crippen LogP contribution in [0, 0.1) is 0 Å². The minimum absolute atomic E-state index is 0.120. The number of hydrogen-bond acceptors (Lipinski definition) is 6. The van der Waals surface area contributed by atoms with Gasteiger partial charge in [-0.3, -0.25) is 9.10 Å². The quantitative estimate of drug-likeness (QED) is 0.442. The minimum Gasteiger partial charge on any atom is -0.321 e. The van der Waals surface area contributed by atoms with Gasteiger partial charge in [-0.1, -0.05) is 39.3 Å². The minimum atomic E-state index is -3.75. The fourth-order valence-electron chi connectivity index (χ4n) is 4.30. The number of carbonyl (C=O) groups is 2. The molecule has 0 saturated carbocycles. The zero-order chi connectivity index (χ0) is 25.3. The summed E-state index contributed by atoms with van der Waals surface area (Å²) in [4.78, 5) is 29.6. The Morgan fingerprint density at radius 2 is 1.78 bits per heavy atom. The van der Waals surface area contributed by atoms with Crippen LogP contribution in [-0.2, 0) is 26.1 Å². The fraction of sp³-hybridized carbons (Fsp3) is 0.192. The molecule has 0 saturated heterocycles. The molecular weight excluding hydrogens is 546 g/mol. The van der Waals surface area contributed by atoms with Crippen LogP contribution in [-0.4, -0.2) is 32.6 Å². The number of hydrogen-bond donors (Lipinski definition) is 1. The zero-order valence-corrected chi connectivity index (χ0v) is 21.5. The molecule has 10 heteroatoms. The van der Waals surface area contributed by atoms with Crippen LogP contribution in [0.5, 0.6) is 0 Å². The predicted octanol–water partition coefficient (Wildman–Crippen LogP) is 4.88. The van der Waals surface area contributed by atoms with E-state index in [1.54, 1.807) is 24.3 Å². The highest BCUT2D eigenvalue weighted by atomic mass is 79.9. The summed E-state index contributed by atoms with van der Waals surface area (Å²) in [5, 5.41) is 6.84. The summed E-state index contributed by atoms with van der Waals surface area (Å²) in [6.45, 7) is 0.384. The first-order chi connectivity index (χ1) is 17.3. The van der Waals surface area contributed by atoms with Gasteiger partial charge in [-0.2, -0.15) is 0 Å². The van der Waals surface area contributed by atoms with Crippen molar-refractivity contribution < 1.29 is 22.8 Å². The largest absolute Gasteiger partial charge is 0.335 e. The summed E-state index contributed by atoms with van der Waals surface area (Å²) in [6.07, 6.45) is 2.06. The Bertz CT molecular complexity index is 1490. The normalized spacial score (nSPS) is 15.5. The summed E-state index contributed by atoms with van der Waals surface area (Å²) in [5.41, 5.74) is 3.69. The second-order valence-corrected chi connectivity index (χ2v) is 11.3. The summed E-state index contributed by atoms with van der Waals surface area (Å²) in [6, 6.07) is 18.7. The van der Waals surface area contributed by atoms with Crippen molar-refractivity contribution >= 4 is 54.9 Å². The summed E-state index contributed by atoms with van der Waals surface area (Å²) in [7, 11) is -3.75. The Morgan fingerprint density at radius 3 is 2.58 bits per heavy atom. The molecule has 2 aliphatic heterocycles. The number of fused-ring (bicyclic) bond motifs is 1. The van der Waals surface area contributed by atoms with E-state index in [1.807, 2.05) is 18.2 Å². The van der Waals surface area contributed by atoms with Crippen LogP contribution in [0.4, 0.5) is 11.4 Å². The number of sulfonamides is 1. The molecule has 0 bridgehead atoms. The van der Waals surface area contributed by atoms with Crippen molar-refractivity contribution in [1.82, 2.24) is 0 Å². The second-order valence-electron chi connectivity index (χ2n) is 8.48. The van der Waals surface area contributed by atoms with E-state index in [2.05, 4.69) is 26.4 Å². The van der Waals surface area contributed by atoms with Gasteiger partial charge in [0.15, 0.2) is 0 Å². The topological polar surface area (TPSA) is 105 Å². The molecule has 0 fully saturated rings. The number of rotatable bonds is 5. The number of anilines is 2. The lowest BCUT2D eigenvalue weighted by molar-refractivity contribution is -0.143. The molecule has 1 N–H and O–H groups in total. The lowest BCUT2D eigenvalue weighted by atomic mass is 10.0. The van der Waals surface area contributed by atoms with Crippen molar-refractivity contribution in [3.8, 4) is 0 Å². The molecule has 2 heterocycles. The molecule has 0 radical (unpaired) electrons. The fourth-order valence-corrected chi connectivity index (χ4v) is 6.17. The molecular formula is C26H22BrN3O5S. The van der Waals surface area contributed by atoms with Gasteiger partial charge < -0.3 is 10.2 Å². The van der Waals surface area contributed by atoms with Crippen LogP contribution in [0.1, 0.15) is 40.7 Å². The van der Waals surface area contributed by atoms with Gasteiger partial charge in [0, 0.05) is 28.6 Å². The lowest BCUT2D eigenvalue weighted by Crippen LogP contribution is -2.29. The van der Waals surface area contributed by atoms with Gasteiger partial charge in [0.1, 0.15) is 0 Å². The lowest BCUT2D eigenvalue weighted by Gasteiger charge is -2.19. The number of benzene rings is 3. The molecule has 3 aromatic rings. The Morgan fingerprint density at radius 1 is 1.00 bits per heavy atom. The average molecular weight is 568 g/mol. The Kier molecular flexibility index (Phi) is 6.63. The number of halogens is 1. The number of carbonyl (C=O) groups excluding carboxylic acids is 2. The van der Waals surface area contributed by atoms with E-state index in [0.717, 1.165) is 10.0 Å². The maximum Gasteiger partial charge on any atom is 0.335 e. The molecule has 184 valence electrons. The standard InChI is InChI=1S/C26H22BrN3O5S/c27-19-10-13-22(21(16-19)23-5-3-7-25(31)35-29-23)28-26(32)18-8-11-20(12-9-18)36(33,34)30-15-14-17-4-1-2-6-24(17)30/h1-2,4,6,8-13,16H,3,5,7,14-15H2,(H,28,32). The molecule has 8 nitrogen and oxygen atoms in total. The van der Waals surface area contributed by atoms with Gasteiger partial charge in [0.05, 0.1) is 22.0 Å². The van der Waals surface area contributed by atoms with E-state index in [-0.39, 0.29) is 11.3 Å². The second kappa shape index (κ2) is 9.87. The zero-order valence-electron chi connectivity index (χ0n) is 19.1. The highest BCUT2D eigenvalue weighted by molar-refractivity contribution is 9.10. The Hall–Kier alpha value is -3.50. The third kappa shape index (κ3) is 4.78. The number of para-hydroxylation sites is 1. The monoisotopic (exact) mass is 567 g/mol. The van der Waals surface area contributed by atoms with Crippen molar-refractivity contribution in [2.75, 3.05) is 16.2 Å². The highest BCUT2D eigenvalue weighted by Crippen LogP contribution is 2.33. The van der Waals surface area contributed by atoms with Crippen LogP contribution in [0.15, 0.2) is 81.3 Å². The third-order valence-corrected chi connectivity index (χ3v) is 8.46. The smallest absolute Gasteiger partial charge is 0.321 e. The van der Waals surface area contributed by atoms with Crippen molar-refractivity contribution in [3.05, 3.63) is 87.9 Å². The Labute approximate surface area is 217 Å². The number of nitrogens with zero attached hydrogens (tertiary/aromatic N) is 2. The van der Waals surface area contributed by atoms with E-state index in [9.17, 15) is 18.0 Å². The van der Waals surface area contributed by atoms with Crippen LogP contribution >= 0.6 is 15.9 Å². The van der Waals surface area contributed by atoms with Crippen molar-refractivity contribution in [2.45, 2.75) is 30.6 Å². The molecule has 0 aliphatic carbocycles. The van der Waals surface area contributed by atoms with E-state index < -0.39 is 21.9 Å². The van der Waals surface area contributed by atoms with Gasteiger partial charge in [-0.15, -0.1) is 0 Å². The van der Waals surface area contributed by atoms with Gasteiger partial charge in [0.2, 0.25) is 0 Å². The van der Waals surface area contributed by atoms with Crippen LogP contribution < -0.4 is 9.62 Å². The van der Waals surface area contributed by atoms with E-state index in [0.29, 0.717) is 54.0 Å². The molecule has 2 aliphatic rings. The maximum atomic E-state index is 13.2. The van der Waals surface area contributed by atoms with Gasteiger partial charge >= 0.3 is 5.97 Å². The molecule has 36 heavy (non-hydrogen) atoms.